The second-order valence-electron chi connectivity index (χ2n) is 10.3. The number of amides is 2. The Morgan fingerprint density at radius 3 is 2.33 bits per heavy atom. The Hall–Kier alpha value is -3.31. The molecule has 36 heavy (non-hydrogen) atoms. The molecule has 2 heterocycles. The number of hydrogen-bond donors (Lipinski definition) is 2. The monoisotopic (exact) mass is 482 g/mol. The minimum absolute atomic E-state index is 0.197. The molecule has 2 aliphatic heterocycles. The number of urea groups is 1. The van der Waals surface area contributed by atoms with Crippen LogP contribution in [0.1, 0.15) is 55.7 Å². The number of hydrogen-bond acceptors (Lipinski definition) is 3. The summed E-state index contributed by atoms with van der Waals surface area (Å²) in [6.07, 6.45) is 3.36. The van der Waals surface area contributed by atoms with Crippen LogP contribution in [0.4, 0.5) is 21.9 Å². The topological polar surface area (TPSA) is 47.6 Å². The maximum atomic E-state index is 13.0. The zero-order valence-corrected chi connectivity index (χ0v) is 21.7. The molecule has 2 atom stereocenters. The van der Waals surface area contributed by atoms with E-state index in [9.17, 15) is 4.79 Å². The summed E-state index contributed by atoms with van der Waals surface area (Å²) in [4.78, 5) is 18.2. The maximum absolute atomic E-state index is 13.0. The van der Waals surface area contributed by atoms with Gasteiger partial charge in [-0.15, -0.1) is 0 Å². The number of piperazine rings is 1. The smallest absolute Gasteiger partial charge is 0.323 e. The molecular formula is C31H38N4O. The number of aryl methyl sites for hydroxylation is 1. The van der Waals surface area contributed by atoms with Crippen LogP contribution in [-0.2, 0) is 6.54 Å². The first-order chi connectivity index (χ1) is 17.5. The number of rotatable bonds is 8. The van der Waals surface area contributed by atoms with Gasteiger partial charge in [-0.25, -0.2) is 4.79 Å². The van der Waals surface area contributed by atoms with Crippen molar-refractivity contribution in [2.24, 2.45) is 0 Å². The predicted molar refractivity (Wildman–Crippen MR) is 150 cm³/mol. The van der Waals surface area contributed by atoms with Crippen LogP contribution in [0, 0.1) is 6.92 Å². The van der Waals surface area contributed by atoms with E-state index in [1.165, 1.54) is 23.1 Å². The Kier molecular flexibility index (Phi) is 7.28. The molecule has 3 aromatic rings. The highest BCUT2D eigenvalue weighted by Gasteiger charge is 2.43. The number of nitrogens with zero attached hydrogens (tertiary/aromatic N) is 2. The quantitative estimate of drug-likeness (QED) is 0.363. The third-order valence-electron chi connectivity index (χ3n) is 7.93. The van der Waals surface area contributed by atoms with Gasteiger partial charge in [-0.1, -0.05) is 67.9 Å². The van der Waals surface area contributed by atoms with Crippen molar-refractivity contribution in [3.05, 3.63) is 89.5 Å². The molecule has 2 saturated heterocycles. The molecule has 2 amide bonds. The molecule has 2 fully saturated rings. The van der Waals surface area contributed by atoms with Crippen LogP contribution in [0.2, 0.25) is 0 Å². The van der Waals surface area contributed by atoms with Crippen LogP contribution in [0.3, 0.4) is 0 Å². The number of nitrogens with one attached hydrogen (secondary N) is 2. The van der Waals surface area contributed by atoms with E-state index in [-0.39, 0.29) is 6.03 Å². The third-order valence-corrected chi connectivity index (χ3v) is 7.93. The first kappa shape index (κ1) is 24.4. The molecule has 5 nitrogen and oxygen atoms in total. The molecule has 2 bridgehead atoms. The van der Waals surface area contributed by atoms with Gasteiger partial charge >= 0.3 is 6.03 Å². The molecule has 0 aromatic heterocycles. The highest BCUT2D eigenvalue weighted by atomic mass is 16.2. The summed E-state index contributed by atoms with van der Waals surface area (Å²) < 4.78 is 0. The molecule has 3 aromatic carbocycles. The average Bonchev–Trinajstić information content (AvgIpc) is 3.48. The van der Waals surface area contributed by atoms with E-state index in [1.807, 2.05) is 31.2 Å². The van der Waals surface area contributed by atoms with E-state index >= 15 is 0 Å². The molecule has 0 aliphatic carbocycles. The molecule has 0 saturated carbocycles. The van der Waals surface area contributed by atoms with Crippen LogP contribution in [-0.4, -0.2) is 36.1 Å². The molecule has 0 spiro atoms. The number of benzene rings is 3. The summed E-state index contributed by atoms with van der Waals surface area (Å²) in [5.74, 6) is 0.496. The van der Waals surface area contributed by atoms with Crippen LogP contribution in [0.25, 0.3) is 0 Å². The van der Waals surface area contributed by atoms with Crippen molar-refractivity contribution in [2.45, 2.75) is 64.6 Å². The van der Waals surface area contributed by atoms with Gasteiger partial charge in [0.1, 0.15) is 0 Å². The predicted octanol–water partition coefficient (Wildman–Crippen LogP) is 7.01. The van der Waals surface area contributed by atoms with Gasteiger partial charge in [0, 0.05) is 37.4 Å². The van der Waals surface area contributed by atoms with Gasteiger partial charge in [0.25, 0.3) is 0 Å². The Morgan fingerprint density at radius 2 is 1.67 bits per heavy atom. The summed E-state index contributed by atoms with van der Waals surface area (Å²) in [6, 6.07) is 26.2. The van der Waals surface area contributed by atoms with Crippen LogP contribution in [0.15, 0.2) is 72.8 Å². The van der Waals surface area contributed by atoms with Crippen molar-refractivity contribution >= 4 is 23.1 Å². The Bertz CT molecular complexity index is 1170. The fraction of sp³-hybridized carbons (Fsp3) is 0.387. The van der Waals surface area contributed by atoms with E-state index in [1.54, 1.807) is 0 Å². The Morgan fingerprint density at radius 1 is 0.917 bits per heavy atom. The molecule has 2 aliphatic rings. The molecule has 5 rings (SSSR count). The molecule has 188 valence electrons. The lowest BCUT2D eigenvalue weighted by Crippen LogP contribution is -2.46. The van der Waals surface area contributed by atoms with E-state index in [4.69, 9.17) is 0 Å². The summed E-state index contributed by atoms with van der Waals surface area (Å²) in [5, 5.41) is 6.20. The normalized spacial score (nSPS) is 19.2. The number of carbonyl (C=O) groups excluding carboxylic acids is 1. The van der Waals surface area contributed by atoms with Crippen molar-refractivity contribution < 1.29 is 4.79 Å². The van der Waals surface area contributed by atoms with E-state index < -0.39 is 0 Å². The molecule has 0 radical (unpaired) electrons. The molecule has 0 unspecified atom stereocenters. The maximum Gasteiger partial charge on any atom is 0.323 e. The Balaban J connectivity index is 1.34. The van der Waals surface area contributed by atoms with Crippen LogP contribution in [0.5, 0.6) is 0 Å². The fourth-order valence-electron chi connectivity index (χ4n) is 5.90. The van der Waals surface area contributed by atoms with Gasteiger partial charge < -0.3 is 15.5 Å². The number of carbonyl (C=O) groups is 1. The van der Waals surface area contributed by atoms with Gasteiger partial charge in [0.2, 0.25) is 0 Å². The third kappa shape index (κ3) is 5.26. The standard InChI is InChI=1S/C31H38N4O/c1-4-24(5-2)25-13-16-30(29(17-25)33-31(36)32-26-14-11-22(3)12-15-26)35-21-27-18-28(35)20-34(27)19-23-9-7-6-8-10-23/h6-17,24,27-28H,4-5,18-21H2,1-3H3,(H2,32,33,36)/t27-,28-/m0/s1. The second-order valence-corrected chi connectivity index (χ2v) is 10.3. The highest BCUT2D eigenvalue weighted by Crippen LogP contribution is 2.40. The SMILES string of the molecule is CCC(CC)c1ccc(N2C[C@@H]3C[C@H]2CN3Cc2ccccc2)c(NC(=O)Nc2ccc(C)cc2)c1. The average molecular weight is 483 g/mol. The van der Waals surface area contributed by atoms with Gasteiger partial charge in [-0.05, 0) is 67.5 Å². The lowest BCUT2D eigenvalue weighted by molar-refractivity contribution is 0.230. The zero-order chi connectivity index (χ0) is 25.1. The summed E-state index contributed by atoms with van der Waals surface area (Å²) in [7, 11) is 0. The van der Waals surface area contributed by atoms with Crippen LogP contribution >= 0.6 is 0 Å². The lowest BCUT2D eigenvalue weighted by atomic mass is 9.93. The van der Waals surface area contributed by atoms with Gasteiger partial charge in [0.05, 0.1) is 11.4 Å². The first-order valence-electron chi connectivity index (χ1n) is 13.4. The summed E-state index contributed by atoms with van der Waals surface area (Å²) >= 11 is 0. The summed E-state index contributed by atoms with van der Waals surface area (Å²) in [6.45, 7) is 9.58. The molecular weight excluding hydrogens is 444 g/mol. The fourth-order valence-corrected chi connectivity index (χ4v) is 5.90. The lowest BCUT2D eigenvalue weighted by Gasteiger charge is -2.36. The number of anilines is 3. The molecule has 2 N–H and O–H groups in total. The highest BCUT2D eigenvalue weighted by molar-refractivity contribution is 6.02. The van der Waals surface area contributed by atoms with Gasteiger partial charge in [-0.3, -0.25) is 4.90 Å². The van der Waals surface area contributed by atoms with E-state index in [0.717, 1.165) is 49.5 Å². The minimum atomic E-state index is -0.197. The second kappa shape index (κ2) is 10.8. The van der Waals surface area contributed by atoms with Gasteiger partial charge in [0.15, 0.2) is 0 Å². The first-order valence-corrected chi connectivity index (χ1v) is 13.4. The zero-order valence-electron chi connectivity index (χ0n) is 21.7. The van der Waals surface area contributed by atoms with Crippen molar-refractivity contribution in [1.82, 2.24) is 4.90 Å². The largest absolute Gasteiger partial charge is 0.364 e. The minimum Gasteiger partial charge on any atom is -0.364 e. The van der Waals surface area contributed by atoms with E-state index in [2.05, 4.69) is 82.8 Å². The number of likely N-dealkylation sites (tertiary alicyclic amines) is 1. The van der Waals surface area contributed by atoms with Crippen molar-refractivity contribution in [2.75, 3.05) is 28.6 Å². The molecule has 5 heteroatoms. The number of fused-ring (bicyclic) bond motifs is 2. The Labute approximate surface area is 215 Å². The van der Waals surface area contributed by atoms with Crippen molar-refractivity contribution in [3.8, 4) is 0 Å². The van der Waals surface area contributed by atoms with Crippen molar-refractivity contribution in [3.63, 3.8) is 0 Å². The van der Waals surface area contributed by atoms with Gasteiger partial charge in [-0.2, -0.15) is 0 Å². The van der Waals surface area contributed by atoms with Crippen LogP contribution < -0.4 is 15.5 Å². The van der Waals surface area contributed by atoms with E-state index in [0.29, 0.717) is 18.0 Å². The van der Waals surface area contributed by atoms with Crippen molar-refractivity contribution in [1.29, 1.82) is 0 Å². The summed E-state index contributed by atoms with van der Waals surface area (Å²) in [5.41, 5.74) is 6.69.